The van der Waals surface area contributed by atoms with Crippen molar-refractivity contribution < 1.29 is 19.7 Å². The first kappa shape index (κ1) is 11.7. The topological polar surface area (TPSA) is 70.0 Å². The molecule has 5 heteroatoms. The lowest BCUT2D eigenvalue weighted by Crippen LogP contribution is -2.46. The Kier molecular flexibility index (Phi) is 3.19. The summed E-state index contributed by atoms with van der Waals surface area (Å²) in [5.41, 5.74) is 0.508. The lowest BCUT2D eigenvalue weighted by atomic mass is 10.1. The normalized spacial score (nSPS) is 18.8. The number of hydrogen-bond donors (Lipinski definition) is 2. The van der Waals surface area contributed by atoms with Gasteiger partial charge in [-0.1, -0.05) is 6.92 Å². The Morgan fingerprint density at radius 2 is 2.24 bits per heavy atom. The van der Waals surface area contributed by atoms with Crippen LogP contribution in [0.4, 0.5) is 5.69 Å². The van der Waals surface area contributed by atoms with Crippen molar-refractivity contribution in [1.29, 1.82) is 0 Å². The van der Waals surface area contributed by atoms with Crippen molar-refractivity contribution in [1.82, 2.24) is 0 Å². The molecular formula is C12H15NO4. The van der Waals surface area contributed by atoms with Gasteiger partial charge in [0.05, 0.1) is 12.3 Å². The average molecular weight is 237 g/mol. The zero-order valence-corrected chi connectivity index (χ0v) is 9.59. The van der Waals surface area contributed by atoms with Gasteiger partial charge in [0.1, 0.15) is 11.5 Å². The molecule has 5 nitrogen and oxygen atoms in total. The SMILES string of the molecule is CCC1Oc2ccc(O)cc2N(CCO)C1=O. The summed E-state index contributed by atoms with van der Waals surface area (Å²) in [6.07, 6.45) is 0.0553. The number of amides is 1. The maximum atomic E-state index is 12.0. The van der Waals surface area contributed by atoms with E-state index in [0.717, 1.165) is 0 Å². The minimum absolute atomic E-state index is 0.0676. The Morgan fingerprint density at radius 3 is 2.88 bits per heavy atom. The number of benzene rings is 1. The summed E-state index contributed by atoms with van der Waals surface area (Å²) in [5, 5.41) is 18.4. The van der Waals surface area contributed by atoms with Crippen molar-refractivity contribution >= 4 is 11.6 Å². The monoisotopic (exact) mass is 237 g/mol. The van der Waals surface area contributed by atoms with Gasteiger partial charge in [-0.2, -0.15) is 0 Å². The van der Waals surface area contributed by atoms with Gasteiger partial charge < -0.3 is 19.8 Å². The molecule has 1 unspecified atom stereocenters. The molecule has 1 heterocycles. The van der Waals surface area contributed by atoms with Crippen molar-refractivity contribution in [3.8, 4) is 11.5 Å². The highest BCUT2D eigenvalue weighted by Crippen LogP contribution is 2.36. The molecule has 0 bridgehead atoms. The molecule has 0 aliphatic carbocycles. The van der Waals surface area contributed by atoms with Gasteiger partial charge in [-0.25, -0.2) is 0 Å². The Labute approximate surface area is 99.2 Å². The molecule has 1 aromatic rings. The van der Waals surface area contributed by atoms with Crippen LogP contribution in [0.1, 0.15) is 13.3 Å². The summed E-state index contributed by atoms with van der Waals surface area (Å²) >= 11 is 0. The quantitative estimate of drug-likeness (QED) is 0.819. The molecule has 0 aromatic heterocycles. The number of nitrogens with zero attached hydrogens (tertiary/aromatic N) is 1. The van der Waals surface area contributed by atoms with E-state index in [9.17, 15) is 9.90 Å². The predicted molar refractivity (Wildman–Crippen MR) is 62.3 cm³/mol. The average Bonchev–Trinajstić information content (AvgIpc) is 2.33. The van der Waals surface area contributed by atoms with E-state index in [1.54, 1.807) is 6.07 Å². The van der Waals surface area contributed by atoms with E-state index in [-0.39, 0.29) is 24.8 Å². The molecule has 0 radical (unpaired) electrons. The molecule has 1 amide bonds. The fourth-order valence-electron chi connectivity index (χ4n) is 1.90. The van der Waals surface area contributed by atoms with Crippen LogP contribution in [0.2, 0.25) is 0 Å². The highest BCUT2D eigenvalue weighted by atomic mass is 16.5. The zero-order valence-electron chi connectivity index (χ0n) is 9.59. The largest absolute Gasteiger partial charge is 0.508 e. The van der Waals surface area contributed by atoms with Crippen LogP contribution in [0, 0.1) is 0 Å². The van der Waals surface area contributed by atoms with Gasteiger partial charge in [-0.05, 0) is 18.6 Å². The number of aromatic hydroxyl groups is 1. The summed E-state index contributed by atoms with van der Waals surface area (Å²) < 4.78 is 5.54. The maximum absolute atomic E-state index is 12.0. The number of anilines is 1. The molecule has 2 rings (SSSR count). The number of ether oxygens (including phenoxy) is 1. The molecule has 92 valence electrons. The summed E-state index contributed by atoms with van der Waals surface area (Å²) in [5.74, 6) is 0.445. The number of rotatable bonds is 3. The number of carbonyl (C=O) groups excluding carboxylic acids is 1. The third-order valence-electron chi connectivity index (χ3n) is 2.74. The number of fused-ring (bicyclic) bond motifs is 1. The van der Waals surface area contributed by atoms with Gasteiger partial charge in [0.25, 0.3) is 5.91 Å². The first-order chi connectivity index (χ1) is 8.17. The van der Waals surface area contributed by atoms with E-state index in [1.165, 1.54) is 17.0 Å². The van der Waals surface area contributed by atoms with Crippen molar-refractivity contribution in [2.24, 2.45) is 0 Å². The third kappa shape index (κ3) is 2.06. The number of aliphatic hydroxyl groups is 1. The fourth-order valence-corrected chi connectivity index (χ4v) is 1.90. The van der Waals surface area contributed by atoms with E-state index >= 15 is 0 Å². The maximum Gasteiger partial charge on any atom is 0.268 e. The Bertz CT molecular complexity index is 433. The van der Waals surface area contributed by atoms with E-state index in [4.69, 9.17) is 9.84 Å². The van der Waals surface area contributed by atoms with Gasteiger partial charge in [-0.3, -0.25) is 4.79 Å². The highest BCUT2D eigenvalue weighted by Gasteiger charge is 2.32. The van der Waals surface area contributed by atoms with Gasteiger partial charge >= 0.3 is 0 Å². The summed E-state index contributed by atoms with van der Waals surface area (Å²) in [7, 11) is 0. The fraction of sp³-hybridized carbons (Fsp3) is 0.417. The van der Waals surface area contributed by atoms with Crippen LogP contribution in [-0.2, 0) is 4.79 Å². The number of carbonyl (C=O) groups is 1. The number of hydrogen-bond acceptors (Lipinski definition) is 4. The summed E-state index contributed by atoms with van der Waals surface area (Å²) in [6, 6.07) is 4.61. The van der Waals surface area contributed by atoms with Gasteiger partial charge in [0.15, 0.2) is 6.10 Å². The third-order valence-corrected chi connectivity index (χ3v) is 2.74. The van der Waals surface area contributed by atoms with Crippen LogP contribution in [0.5, 0.6) is 11.5 Å². The number of aliphatic hydroxyl groups excluding tert-OH is 1. The minimum Gasteiger partial charge on any atom is -0.508 e. The van der Waals surface area contributed by atoms with Crippen molar-refractivity contribution in [3.05, 3.63) is 18.2 Å². The smallest absolute Gasteiger partial charge is 0.268 e. The van der Waals surface area contributed by atoms with Crippen LogP contribution >= 0.6 is 0 Å². The van der Waals surface area contributed by atoms with Crippen LogP contribution in [0.3, 0.4) is 0 Å². The first-order valence-corrected chi connectivity index (χ1v) is 5.59. The second-order valence-electron chi connectivity index (χ2n) is 3.88. The van der Waals surface area contributed by atoms with Crippen LogP contribution < -0.4 is 9.64 Å². The molecule has 1 aromatic carbocycles. The molecule has 0 saturated heterocycles. The first-order valence-electron chi connectivity index (χ1n) is 5.59. The predicted octanol–water partition coefficient (Wildman–Crippen LogP) is 0.888. The van der Waals surface area contributed by atoms with Gasteiger partial charge in [0.2, 0.25) is 0 Å². The Balaban J connectivity index is 2.43. The molecule has 0 saturated carbocycles. The van der Waals surface area contributed by atoms with E-state index in [1.807, 2.05) is 6.92 Å². The molecule has 1 aliphatic heterocycles. The van der Waals surface area contributed by atoms with Crippen LogP contribution in [0.15, 0.2) is 18.2 Å². The van der Waals surface area contributed by atoms with Crippen LogP contribution in [0.25, 0.3) is 0 Å². The van der Waals surface area contributed by atoms with Crippen molar-refractivity contribution in [2.45, 2.75) is 19.4 Å². The molecular weight excluding hydrogens is 222 g/mol. The van der Waals surface area contributed by atoms with E-state index in [2.05, 4.69) is 0 Å². The van der Waals surface area contributed by atoms with Gasteiger partial charge in [-0.15, -0.1) is 0 Å². The molecule has 2 N–H and O–H groups in total. The van der Waals surface area contributed by atoms with E-state index < -0.39 is 6.10 Å². The lowest BCUT2D eigenvalue weighted by molar-refractivity contribution is -0.126. The Morgan fingerprint density at radius 1 is 1.47 bits per heavy atom. The zero-order chi connectivity index (χ0) is 12.4. The second kappa shape index (κ2) is 4.63. The molecule has 17 heavy (non-hydrogen) atoms. The number of phenolic OH excluding ortho intramolecular Hbond substituents is 1. The standard InChI is InChI=1S/C12H15NO4/c1-2-10-12(16)13(5-6-14)9-7-8(15)3-4-11(9)17-10/h3-4,7,10,14-15H,2,5-6H2,1H3. The molecule has 1 aliphatic rings. The van der Waals surface area contributed by atoms with Crippen molar-refractivity contribution in [2.75, 3.05) is 18.1 Å². The van der Waals surface area contributed by atoms with Gasteiger partial charge in [0, 0.05) is 12.6 Å². The lowest BCUT2D eigenvalue weighted by Gasteiger charge is -2.33. The number of β-amino-alcohol motifs (C(OH)–C–C–N with tert-alkyl or cyclic N) is 1. The van der Waals surface area contributed by atoms with Crippen LogP contribution in [-0.4, -0.2) is 35.4 Å². The summed E-state index contributed by atoms with van der Waals surface area (Å²) in [6.45, 7) is 1.94. The molecule has 0 fully saturated rings. The molecule has 0 spiro atoms. The molecule has 1 atom stereocenters. The Hall–Kier alpha value is -1.75. The van der Waals surface area contributed by atoms with Crippen molar-refractivity contribution in [3.63, 3.8) is 0 Å². The summed E-state index contributed by atoms with van der Waals surface area (Å²) in [4.78, 5) is 13.5. The number of phenols is 1. The minimum atomic E-state index is -0.515. The van der Waals surface area contributed by atoms with E-state index in [0.29, 0.717) is 17.9 Å². The highest BCUT2D eigenvalue weighted by molar-refractivity contribution is 6.00. The second-order valence-corrected chi connectivity index (χ2v) is 3.88.